The summed E-state index contributed by atoms with van der Waals surface area (Å²) in [5, 5.41) is 8.54. The van der Waals surface area contributed by atoms with Crippen molar-refractivity contribution in [2.75, 3.05) is 6.54 Å². The minimum Gasteiger partial charge on any atom is -0.310 e. The highest BCUT2D eigenvalue weighted by atomic mass is 79.9. The zero-order valence-corrected chi connectivity index (χ0v) is 14.7. The summed E-state index contributed by atoms with van der Waals surface area (Å²) in [5.74, 6) is 0.988. The molecule has 1 aromatic carbocycles. The summed E-state index contributed by atoms with van der Waals surface area (Å²) in [6, 6.07) is 6.18. The minimum absolute atomic E-state index is 0.175. The topological polar surface area (TPSA) is 42.7 Å². The van der Waals surface area contributed by atoms with Crippen LogP contribution in [0.25, 0.3) is 0 Å². The van der Waals surface area contributed by atoms with Crippen LogP contribution in [0.1, 0.15) is 37.7 Å². The average molecular weight is 372 g/mol. The van der Waals surface area contributed by atoms with E-state index in [2.05, 4.69) is 51.2 Å². The average Bonchev–Trinajstić information content (AvgIpc) is 2.89. The quantitative estimate of drug-likeness (QED) is 0.800. The van der Waals surface area contributed by atoms with Gasteiger partial charge in [0.1, 0.15) is 12.2 Å². The SMILES string of the molecule is CCCNC(Cc1ncnn1CC)c1cc(Cl)cc(Br)c1. The molecule has 1 unspecified atom stereocenters. The first-order valence-corrected chi connectivity index (χ1v) is 8.37. The van der Waals surface area contributed by atoms with E-state index in [4.69, 9.17) is 11.6 Å². The maximum Gasteiger partial charge on any atom is 0.138 e. The molecule has 0 aliphatic rings. The molecule has 1 heterocycles. The Bertz CT molecular complexity index is 565. The Morgan fingerprint density at radius 1 is 1.33 bits per heavy atom. The number of hydrogen-bond donors (Lipinski definition) is 1. The monoisotopic (exact) mass is 370 g/mol. The van der Waals surface area contributed by atoms with E-state index in [1.165, 1.54) is 0 Å². The van der Waals surface area contributed by atoms with Gasteiger partial charge in [0.15, 0.2) is 0 Å². The number of nitrogens with one attached hydrogen (secondary N) is 1. The van der Waals surface area contributed by atoms with Gasteiger partial charge < -0.3 is 5.32 Å². The zero-order valence-electron chi connectivity index (χ0n) is 12.3. The number of aryl methyl sites for hydroxylation is 1. The molecule has 4 nitrogen and oxygen atoms in total. The van der Waals surface area contributed by atoms with Crippen molar-refractivity contribution < 1.29 is 0 Å². The van der Waals surface area contributed by atoms with Gasteiger partial charge in [0.05, 0.1) is 0 Å². The van der Waals surface area contributed by atoms with Gasteiger partial charge in [-0.1, -0.05) is 34.5 Å². The molecule has 1 N–H and O–H groups in total. The molecule has 0 aliphatic carbocycles. The second-order valence-electron chi connectivity index (χ2n) is 4.91. The molecule has 0 fully saturated rings. The molecule has 0 saturated heterocycles. The van der Waals surface area contributed by atoms with Crippen molar-refractivity contribution in [2.45, 2.75) is 39.3 Å². The molecule has 0 bridgehead atoms. The number of benzene rings is 1. The summed E-state index contributed by atoms with van der Waals surface area (Å²) >= 11 is 9.69. The van der Waals surface area contributed by atoms with Gasteiger partial charge in [-0.25, -0.2) is 4.98 Å². The summed E-state index contributed by atoms with van der Waals surface area (Å²) in [4.78, 5) is 4.37. The molecule has 114 valence electrons. The van der Waals surface area contributed by atoms with Crippen LogP contribution in [0.4, 0.5) is 0 Å². The number of halogens is 2. The van der Waals surface area contributed by atoms with E-state index in [-0.39, 0.29) is 6.04 Å². The van der Waals surface area contributed by atoms with Crippen LogP contribution in [-0.4, -0.2) is 21.3 Å². The van der Waals surface area contributed by atoms with Crippen molar-refractivity contribution >= 4 is 27.5 Å². The van der Waals surface area contributed by atoms with E-state index in [1.807, 2.05) is 16.8 Å². The van der Waals surface area contributed by atoms with Crippen LogP contribution in [0, 0.1) is 0 Å². The fourth-order valence-corrected chi connectivity index (χ4v) is 3.18. The van der Waals surface area contributed by atoms with Gasteiger partial charge in [-0.3, -0.25) is 4.68 Å². The van der Waals surface area contributed by atoms with E-state index >= 15 is 0 Å². The summed E-state index contributed by atoms with van der Waals surface area (Å²) in [7, 11) is 0. The van der Waals surface area contributed by atoms with Crippen LogP contribution in [-0.2, 0) is 13.0 Å². The maximum absolute atomic E-state index is 6.18. The van der Waals surface area contributed by atoms with E-state index in [9.17, 15) is 0 Å². The van der Waals surface area contributed by atoms with Crippen LogP contribution in [0.5, 0.6) is 0 Å². The lowest BCUT2D eigenvalue weighted by atomic mass is 10.0. The lowest BCUT2D eigenvalue weighted by molar-refractivity contribution is 0.496. The van der Waals surface area contributed by atoms with Crippen LogP contribution in [0.15, 0.2) is 29.0 Å². The first-order chi connectivity index (χ1) is 10.1. The Kier molecular flexibility index (Phi) is 6.21. The van der Waals surface area contributed by atoms with Gasteiger partial charge in [0, 0.05) is 28.5 Å². The predicted octanol–water partition coefficient (Wildman–Crippen LogP) is 4.00. The number of rotatable bonds is 7. The van der Waals surface area contributed by atoms with Gasteiger partial charge in [-0.05, 0) is 43.7 Å². The predicted molar refractivity (Wildman–Crippen MR) is 89.6 cm³/mol. The Morgan fingerprint density at radius 3 is 2.81 bits per heavy atom. The molecule has 0 amide bonds. The number of hydrogen-bond acceptors (Lipinski definition) is 3. The largest absolute Gasteiger partial charge is 0.310 e. The standard InChI is InChI=1S/C15H20BrClN4/c1-3-5-18-14(9-15-19-10-20-21(15)4-2)11-6-12(16)8-13(17)7-11/h6-8,10,14,18H,3-5,9H2,1-2H3. The van der Waals surface area contributed by atoms with E-state index < -0.39 is 0 Å². The van der Waals surface area contributed by atoms with Crippen molar-refractivity contribution in [3.63, 3.8) is 0 Å². The molecule has 1 aromatic heterocycles. The Labute approximate surface area is 139 Å². The van der Waals surface area contributed by atoms with Gasteiger partial charge in [-0.2, -0.15) is 5.10 Å². The minimum atomic E-state index is 0.175. The lowest BCUT2D eigenvalue weighted by Gasteiger charge is -2.19. The third kappa shape index (κ3) is 4.53. The second kappa shape index (κ2) is 7.92. The van der Waals surface area contributed by atoms with Crippen molar-refractivity contribution in [3.05, 3.63) is 45.4 Å². The highest BCUT2D eigenvalue weighted by molar-refractivity contribution is 9.10. The highest BCUT2D eigenvalue weighted by Gasteiger charge is 2.16. The molecule has 0 aliphatic heterocycles. The van der Waals surface area contributed by atoms with Crippen molar-refractivity contribution in [1.29, 1.82) is 0 Å². The third-order valence-corrected chi connectivity index (χ3v) is 3.99. The van der Waals surface area contributed by atoms with Gasteiger partial charge in [-0.15, -0.1) is 0 Å². The number of aromatic nitrogens is 3. The summed E-state index contributed by atoms with van der Waals surface area (Å²) < 4.78 is 2.92. The van der Waals surface area contributed by atoms with Gasteiger partial charge in [0.25, 0.3) is 0 Å². The zero-order chi connectivity index (χ0) is 15.2. The summed E-state index contributed by atoms with van der Waals surface area (Å²) in [6.07, 6.45) is 3.49. The fourth-order valence-electron chi connectivity index (χ4n) is 2.30. The first kappa shape index (κ1) is 16.5. The molecule has 0 radical (unpaired) electrons. The number of nitrogens with zero attached hydrogens (tertiary/aromatic N) is 3. The molecule has 21 heavy (non-hydrogen) atoms. The molecule has 1 atom stereocenters. The van der Waals surface area contributed by atoms with Crippen molar-refractivity contribution in [3.8, 4) is 0 Å². The van der Waals surface area contributed by atoms with E-state index in [0.717, 1.165) is 46.8 Å². The molecule has 0 saturated carbocycles. The van der Waals surface area contributed by atoms with Crippen LogP contribution >= 0.6 is 27.5 Å². The second-order valence-corrected chi connectivity index (χ2v) is 6.26. The molecule has 6 heteroatoms. The Morgan fingerprint density at radius 2 is 2.14 bits per heavy atom. The normalized spacial score (nSPS) is 12.6. The van der Waals surface area contributed by atoms with Crippen molar-refractivity contribution in [2.24, 2.45) is 0 Å². The van der Waals surface area contributed by atoms with Crippen LogP contribution in [0.2, 0.25) is 5.02 Å². The Hall–Kier alpha value is -0.910. The van der Waals surface area contributed by atoms with Crippen molar-refractivity contribution in [1.82, 2.24) is 20.1 Å². The van der Waals surface area contributed by atoms with Gasteiger partial charge in [0.2, 0.25) is 0 Å². The van der Waals surface area contributed by atoms with E-state index in [0.29, 0.717) is 0 Å². The summed E-state index contributed by atoms with van der Waals surface area (Å²) in [6.45, 7) is 6.01. The third-order valence-electron chi connectivity index (χ3n) is 3.31. The first-order valence-electron chi connectivity index (χ1n) is 7.20. The molecule has 0 spiro atoms. The van der Waals surface area contributed by atoms with E-state index in [1.54, 1.807) is 6.33 Å². The highest BCUT2D eigenvalue weighted by Crippen LogP contribution is 2.25. The van der Waals surface area contributed by atoms with Crippen LogP contribution in [0.3, 0.4) is 0 Å². The fraction of sp³-hybridized carbons (Fsp3) is 0.467. The molecule has 2 rings (SSSR count). The Balaban J connectivity index is 2.25. The smallest absolute Gasteiger partial charge is 0.138 e. The molecular formula is C15H20BrClN4. The molecule has 2 aromatic rings. The van der Waals surface area contributed by atoms with Crippen LogP contribution < -0.4 is 5.32 Å². The molecular weight excluding hydrogens is 352 g/mol. The maximum atomic E-state index is 6.18. The van der Waals surface area contributed by atoms with Gasteiger partial charge >= 0.3 is 0 Å². The summed E-state index contributed by atoms with van der Waals surface area (Å²) in [5.41, 5.74) is 1.16. The lowest BCUT2D eigenvalue weighted by Crippen LogP contribution is -2.25.